The van der Waals surface area contributed by atoms with Crippen molar-refractivity contribution in [1.29, 1.82) is 0 Å². The smallest absolute Gasteiger partial charge is 0.407 e. The van der Waals surface area contributed by atoms with E-state index in [4.69, 9.17) is 14.6 Å². The third-order valence-corrected chi connectivity index (χ3v) is 4.22. The van der Waals surface area contributed by atoms with E-state index in [-0.39, 0.29) is 31.1 Å². The topological polar surface area (TPSA) is 76.1 Å². The van der Waals surface area contributed by atoms with Crippen LogP contribution >= 0.6 is 0 Å². The van der Waals surface area contributed by atoms with E-state index in [0.717, 1.165) is 5.56 Å². The second-order valence-corrected chi connectivity index (χ2v) is 5.83. The maximum atomic E-state index is 14.2. The molecular weight excluding hydrogens is 305 g/mol. The number of likely N-dealkylation sites (tertiary alicyclic amines) is 1. The van der Waals surface area contributed by atoms with Crippen LogP contribution in [0.5, 0.6) is 5.75 Å². The number of amides is 1. The number of rotatable bonds is 4. The third-order valence-electron chi connectivity index (χ3n) is 4.22. The summed E-state index contributed by atoms with van der Waals surface area (Å²) in [5.41, 5.74) is 1.30. The predicted molar refractivity (Wildman–Crippen MR) is 77.9 cm³/mol. The Morgan fingerprint density at radius 3 is 2.74 bits per heavy atom. The third kappa shape index (κ3) is 3.09. The average Bonchev–Trinajstić information content (AvgIpc) is 2.87. The van der Waals surface area contributed by atoms with Crippen LogP contribution < -0.4 is 4.74 Å². The van der Waals surface area contributed by atoms with E-state index in [9.17, 15) is 14.0 Å². The predicted octanol–water partition coefficient (Wildman–Crippen LogP) is 1.84. The van der Waals surface area contributed by atoms with E-state index in [1.54, 1.807) is 13.0 Å². The van der Waals surface area contributed by atoms with Gasteiger partial charge in [-0.15, -0.1) is 0 Å². The standard InChI is InChI=1S/C16H18FNO5/c1-2-22-15(19)10-3-9-4-11(6-14(17)13(9)5-10)23-12-7-18(8-12)16(20)21/h4,6,10,12H,2-3,5,7-8H2,1H3,(H,20,21). The molecule has 1 aliphatic carbocycles. The summed E-state index contributed by atoms with van der Waals surface area (Å²) < 4.78 is 24.8. The fraction of sp³-hybridized carbons (Fsp3) is 0.500. The van der Waals surface area contributed by atoms with E-state index in [0.29, 0.717) is 30.8 Å². The van der Waals surface area contributed by atoms with Crippen LogP contribution in [0.3, 0.4) is 0 Å². The van der Waals surface area contributed by atoms with Gasteiger partial charge in [0.15, 0.2) is 0 Å². The summed E-state index contributed by atoms with van der Waals surface area (Å²) in [6.45, 7) is 2.61. The van der Waals surface area contributed by atoms with E-state index >= 15 is 0 Å². The van der Waals surface area contributed by atoms with Gasteiger partial charge in [-0.2, -0.15) is 0 Å². The molecule has 2 aliphatic rings. The van der Waals surface area contributed by atoms with Crippen molar-refractivity contribution < 1.29 is 28.6 Å². The molecule has 0 spiro atoms. The van der Waals surface area contributed by atoms with Crippen LogP contribution in [0.4, 0.5) is 9.18 Å². The van der Waals surface area contributed by atoms with E-state index in [2.05, 4.69) is 0 Å². The van der Waals surface area contributed by atoms with Gasteiger partial charge < -0.3 is 19.5 Å². The number of nitrogens with zero attached hydrogens (tertiary/aromatic N) is 1. The number of carbonyl (C=O) groups excluding carboxylic acids is 1. The molecule has 0 aromatic heterocycles. The lowest BCUT2D eigenvalue weighted by Gasteiger charge is -2.36. The summed E-state index contributed by atoms with van der Waals surface area (Å²) in [5, 5.41) is 8.78. The monoisotopic (exact) mass is 323 g/mol. The van der Waals surface area contributed by atoms with E-state index < -0.39 is 11.9 Å². The van der Waals surface area contributed by atoms with Crippen molar-refractivity contribution in [3.63, 3.8) is 0 Å². The summed E-state index contributed by atoms with van der Waals surface area (Å²) in [5.74, 6) is -0.665. The molecule has 0 bridgehead atoms. The van der Waals surface area contributed by atoms with Crippen molar-refractivity contribution in [2.24, 2.45) is 5.92 Å². The lowest BCUT2D eigenvalue weighted by molar-refractivity contribution is -0.147. The Kier molecular flexibility index (Phi) is 4.11. The maximum Gasteiger partial charge on any atom is 0.407 e. The lowest BCUT2D eigenvalue weighted by atomic mass is 10.1. The molecule has 1 fully saturated rings. The minimum atomic E-state index is -0.984. The normalized spacial score (nSPS) is 19.9. The van der Waals surface area contributed by atoms with Gasteiger partial charge in [0, 0.05) is 6.07 Å². The first kappa shape index (κ1) is 15.6. The molecule has 23 heavy (non-hydrogen) atoms. The van der Waals surface area contributed by atoms with Crippen molar-refractivity contribution in [2.75, 3.05) is 19.7 Å². The highest BCUT2D eigenvalue weighted by atomic mass is 19.1. The molecule has 1 saturated heterocycles. The molecule has 1 unspecified atom stereocenters. The number of ether oxygens (including phenoxy) is 2. The van der Waals surface area contributed by atoms with Gasteiger partial charge >= 0.3 is 12.1 Å². The first-order valence-corrected chi connectivity index (χ1v) is 7.60. The summed E-state index contributed by atoms with van der Waals surface area (Å²) >= 11 is 0. The summed E-state index contributed by atoms with van der Waals surface area (Å²) in [7, 11) is 0. The molecular formula is C16H18FNO5. The molecule has 1 aromatic carbocycles. The Bertz CT molecular complexity index is 642. The number of halogens is 1. The van der Waals surface area contributed by atoms with E-state index in [1.807, 2.05) is 0 Å². The number of esters is 1. The van der Waals surface area contributed by atoms with Crippen LogP contribution in [0, 0.1) is 11.7 Å². The molecule has 1 N–H and O–H groups in total. The molecule has 6 nitrogen and oxygen atoms in total. The van der Waals surface area contributed by atoms with E-state index in [1.165, 1.54) is 11.0 Å². The van der Waals surface area contributed by atoms with Crippen LogP contribution in [-0.4, -0.2) is 47.9 Å². The number of carboxylic acid groups (broad SMARTS) is 1. The molecule has 1 atom stereocenters. The Labute approximate surface area is 132 Å². The molecule has 7 heteroatoms. The number of fused-ring (bicyclic) bond motifs is 1. The van der Waals surface area contributed by atoms with Crippen LogP contribution in [-0.2, 0) is 22.4 Å². The largest absolute Gasteiger partial charge is 0.487 e. The molecule has 124 valence electrons. The highest BCUT2D eigenvalue weighted by Crippen LogP contribution is 2.33. The fourth-order valence-corrected chi connectivity index (χ4v) is 3.02. The molecule has 1 heterocycles. The Morgan fingerprint density at radius 1 is 1.35 bits per heavy atom. The van der Waals surface area contributed by atoms with Gasteiger partial charge in [0.1, 0.15) is 17.7 Å². The number of benzene rings is 1. The van der Waals surface area contributed by atoms with Gasteiger partial charge in [-0.3, -0.25) is 4.79 Å². The number of carbonyl (C=O) groups is 2. The first-order valence-electron chi connectivity index (χ1n) is 7.60. The second kappa shape index (κ2) is 6.06. The zero-order valence-electron chi connectivity index (χ0n) is 12.8. The van der Waals surface area contributed by atoms with Gasteiger partial charge in [0.25, 0.3) is 0 Å². The number of hydrogen-bond acceptors (Lipinski definition) is 4. The molecule has 0 saturated carbocycles. The van der Waals surface area contributed by atoms with Crippen molar-refractivity contribution in [1.82, 2.24) is 4.90 Å². The van der Waals surface area contributed by atoms with Crippen molar-refractivity contribution in [2.45, 2.75) is 25.9 Å². The second-order valence-electron chi connectivity index (χ2n) is 5.83. The average molecular weight is 323 g/mol. The molecule has 3 rings (SSSR count). The zero-order chi connectivity index (χ0) is 16.6. The Balaban J connectivity index is 1.66. The Morgan fingerprint density at radius 2 is 2.09 bits per heavy atom. The molecule has 0 radical (unpaired) electrons. The highest BCUT2D eigenvalue weighted by Gasteiger charge is 2.34. The number of hydrogen-bond donors (Lipinski definition) is 1. The minimum Gasteiger partial charge on any atom is -0.487 e. The van der Waals surface area contributed by atoms with Crippen LogP contribution in [0.2, 0.25) is 0 Å². The minimum absolute atomic E-state index is 0.259. The van der Waals surface area contributed by atoms with Crippen LogP contribution in [0.1, 0.15) is 18.1 Å². The maximum absolute atomic E-state index is 14.2. The van der Waals surface area contributed by atoms with Gasteiger partial charge in [0.2, 0.25) is 0 Å². The quantitative estimate of drug-likeness (QED) is 0.856. The zero-order valence-corrected chi connectivity index (χ0v) is 12.8. The van der Waals surface area contributed by atoms with Gasteiger partial charge in [0.05, 0.1) is 25.6 Å². The SMILES string of the molecule is CCOC(=O)C1Cc2cc(OC3CN(C(=O)O)C3)cc(F)c2C1. The van der Waals surface area contributed by atoms with Gasteiger partial charge in [-0.1, -0.05) is 0 Å². The van der Waals surface area contributed by atoms with Gasteiger partial charge in [-0.05, 0) is 37.0 Å². The fourth-order valence-electron chi connectivity index (χ4n) is 3.02. The first-order chi connectivity index (χ1) is 11.0. The Hall–Kier alpha value is -2.31. The molecule has 1 aliphatic heterocycles. The highest BCUT2D eigenvalue weighted by molar-refractivity contribution is 5.74. The van der Waals surface area contributed by atoms with Crippen molar-refractivity contribution in [3.8, 4) is 5.75 Å². The van der Waals surface area contributed by atoms with Crippen LogP contribution in [0.25, 0.3) is 0 Å². The van der Waals surface area contributed by atoms with Crippen molar-refractivity contribution in [3.05, 3.63) is 29.1 Å². The summed E-state index contributed by atoms with van der Waals surface area (Å²) in [6.07, 6.45) is -0.460. The van der Waals surface area contributed by atoms with Gasteiger partial charge in [-0.25, -0.2) is 9.18 Å². The molecule has 1 amide bonds. The van der Waals surface area contributed by atoms with Crippen LogP contribution in [0.15, 0.2) is 12.1 Å². The lowest BCUT2D eigenvalue weighted by Crippen LogP contribution is -2.55. The molecule has 1 aromatic rings. The summed E-state index contributed by atoms with van der Waals surface area (Å²) in [4.78, 5) is 23.7. The van der Waals surface area contributed by atoms with Crippen molar-refractivity contribution >= 4 is 12.1 Å². The summed E-state index contributed by atoms with van der Waals surface area (Å²) in [6, 6.07) is 3.04.